The third kappa shape index (κ3) is 5.36. The highest BCUT2D eigenvalue weighted by molar-refractivity contribution is 5.74. The van der Waals surface area contributed by atoms with Crippen LogP contribution < -0.4 is 0 Å². The van der Waals surface area contributed by atoms with Gasteiger partial charge in [0.25, 0.3) is 0 Å². The fourth-order valence-electron chi connectivity index (χ4n) is 13.4. The van der Waals surface area contributed by atoms with Crippen molar-refractivity contribution in [3.8, 4) is 0 Å². The predicted molar refractivity (Wildman–Crippen MR) is 189 cm³/mol. The Morgan fingerprint density at radius 2 is 1.67 bits per heavy atom. The molecule has 6 rings (SSSR count). The summed E-state index contributed by atoms with van der Waals surface area (Å²) in [5.41, 5.74) is 1.40. The van der Waals surface area contributed by atoms with E-state index in [0.717, 1.165) is 31.6 Å². The van der Waals surface area contributed by atoms with Crippen LogP contribution in [0.1, 0.15) is 138 Å². The van der Waals surface area contributed by atoms with Crippen LogP contribution in [-0.4, -0.2) is 29.6 Å². The topological polar surface area (TPSA) is 78.6 Å². The van der Waals surface area contributed by atoms with Crippen molar-refractivity contribution in [2.24, 2.45) is 56.7 Å². The number of fused-ring (bicyclic) bond motifs is 7. The van der Waals surface area contributed by atoms with E-state index in [-0.39, 0.29) is 64.6 Å². The summed E-state index contributed by atoms with van der Waals surface area (Å²) >= 11 is 0. The largest absolute Gasteiger partial charge is 0.462 e. The molecule has 4 unspecified atom stereocenters. The molecule has 1 aromatic heterocycles. The molecule has 1 aromatic rings. The standard InChI is InChI=1S/C42H63NO5/c1-11-23-46-33(44)25-37(4,5)26-34(45)48-32-16-17-39(8)30(38(32,6)7)15-18-41(10)31(39)13-12-29-35-28(27(2)3)14-19-42(35,21-20-40(29,41)9)36-43-22-24-47-36/h11,22,24,28-32,35H,1-2,12-21,23,25-26H2,3-10H3/t28?,29-,30?,31?,32+,35?,39+,40-,41-,42+/m1/s1. The van der Waals surface area contributed by atoms with Gasteiger partial charge in [0.15, 0.2) is 5.89 Å². The van der Waals surface area contributed by atoms with Crippen molar-refractivity contribution in [1.82, 2.24) is 4.98 Å². The third-order valence-electron chi connectivity index (χ3n) is 15.7. The molecule has 48 heavy (non-hydrogen) atoms. The lowest BCUT2D eigenvalue weighted by atomic mass is 9.32. The Kier molecular flexibility index (Phi) is 8.97. The maximum absolute atomic E-state index is 13.4. The summed E-state index contributed by atoms with van der Waals surface area (Å²) < 4.78 is 17.7. The van der Waals surface area contributed by atoms with Crippen LogP contribution >= 0.6 is 0 Å². The molecule has 0 amide bonds. The summed E-state index contributed by atoms with van der Waals surface area (Å²) in [6.07, 6.45) is 17.1. The van der Waals surface area contributed by atoms with Gasteiger partial charge in [-0.1, -0.05) is 73.3 Å². The summed E-state index contributed by atoms with van der Waals surface area (Å²) in [6.45, 7) is 27.2. The molecule has 0 radical (unpaired) electrons. The van der Waals surface area contributed by atoms with Crippen molar-refractivity contribution in [3.63, 3.8) is 0 Å². The number of carbonyl (C=O) groups is 2. The number of nitrogens with zero attached hydrogens (tertiary/aromatic N) is 1. The van der Waals surface area contributed by atoms with E-state index >= 15 is 0 Å². The van der Waals surface area contributed by atoms with E-state index in [1.54, 1.807) is 12.3 Å². The number of esters is 2. The number of allylic oxidation sites excluding steroid dienone is 1. The number of rotatable bonds is 9. The fourth-order valence-corrected chi connectivity index (χ4v) is 13.4. The molecule has 5 aliphatic rings. The molecule has 0 saturated heterocycles. The van der Waals surface area contributed by atoms with E-state index in [9.17, 15) is 9.59 Å². The first-order valence-electron chi connectivity index (χ1n) is 19.0. The molecule has 5 fully saturated rings. The first kappa shape index (κ1) is 35.5. The van der Waals surface area contributed by atoms with Crippen LogP contribution in [0.3, 0.4) is 0 Å². The van der Waals surface area contributed by atoms with Gasteiger partial charge in [-0.3, -0.25) is 9.59 Å². The minimum atomic E-state index is -0.531. The van der Waals surface area contributed by atoms with E-state index in [0.29, 0.717) is 29.6 Å². The highest BCUT2D eigenvalue weighted by Crippen LogP contribution is 2.77. The summed E-state index contributed by atoms with van der Waals surface area (Å²) in [4.78, 5) is 30.5. The first-order valence-corrected chi connectivity index (χ1v) is 19.0. The third-order valence-corrected chi connectivity index (χ3v) is 15.7. The molecule has 0 spiro atoms. The van der Waals surface area contributed by atoms with Crippen molar-refractivity contribution < 1.29 is 23.5 Å². The summed E-state index contributed by atoms with van der Waals surface area (Å²) in [5.74, 6) is 3.29. The summed E-state index contributed by atoms with van der Waals surface area (Å²) in [5, 5.41) is 0. The second kappa shape index (κ2) is 12.1. The Balaban J connectivity index is 1.21. The van der Waals surface area contributed by atoms with Gasteiger partial charge in [0.05, 0.1) is 24.5 Å². The smallest absolute Gasteiger partial charge is 0.306 e. The Morgan fingerprint density at radius 1 is 0.938 bits per heavy atom. The number of hydrogen-bond donors (Lipinski definition) is 0. The van der Waals surface area contributed by atoms with E-state index in [4.69, 9.17) is 18.9 Å². The second-order valence-electron chi connectivity index (χ2n) is 19.0. The SMILES string of the molecule is C=CCOC(=O)CC(C)(C)CC(=O)O[C@H]1CC[C@@]2(C)C(CC[C@]3(C)C2CC[C@@H]2C4C(C(=C)C)CC[C@]4(c4ncco4)CC[C@]23C)C1(C)C. The predicted octanol–water partition coefficient (Wildman–Crippen LogP) is 10.0. The molecule has 0 aliphatic heterocycles. The summed E-state index contributed by atoms with van der Waals surface area (Å²) in [7, 11) is 0. The maximum atomic E-state index is 13.4. The normalized spacial score (nSPS) is 41.6. The molecule has 0 bridgehead atoms. The molecule has 0 N–H and O–H groups in total. The number of hydrogen-bond acceptors (Lipinski definition) is 6. The highest BCUT2D eigenvalue weighted by atomic mass is 16.5. The van der Waals surface area contributed by atoms with E-state index in [1.807, 2.05) is 20.0 Å². The monoisotopic (exact) mass is 661 g/mol. The van der Waals surface area contributed by atoms with Crippen molar-refractivity contribution in [3.05, 3.63) is 43.2 Å². The first-order chi connectivity index (χ1) is 22.4. The van der Waals surface area contributed by atoms with E-state index < -0.39 is 5.41 Å². The van der Waals surface area contributed by atoms with Gasteiger partial charge >= 0.3 is 11.9 Å². The zero-order valence-electron chi connectivity index (χ0n) is 31.3. The van der Waals surface area contributed by atoms with Crippen molar-refractivity contribution >= 4 is 11.9 Å². The van der Waals surface area contributed by atoms with Crippen LogP contribution in [0, 0.1) is 56.7 Å². The molecular weight excluding hydrogens is 598 g/mol. The average Bonchev–Trinajstić information content (AvgIpc) is 3.67. The van der Waals surface area contributed by atoms with Crippen LogP contribution in [0.2, 0.25) is 0 Å². The van der Waals surface area contributed by atoms with Crippen LogP contribution in [0.4, 0.5) is 0 Å². The second-order valence-corrected chi connectivity index (χ2v) is 19.0. The van der Waals surface area contributed by atoms with Crippen LogP contribution in [0.15, 0.2) is 41.7 Å². The van der Waals surface area contributed by atoms with E-state index in [1.165, 1.54) is 44.1 Å². The zero-order chi connectivity index (χ0) is 34.9. The Labute approximate surface area is 290 Å². The van der Waals surface area contributed by atoms with Crippen LogP contribution in [0.5, 0.6) is 0 Å². The van der Waals surface area contributed by atoms with Crippen molar-refractivity contribution in [2.75, 3.05) is 6.61 Å². The van der Waals surface area contributed by atoms with Gasteiger partial charge in [0.1, 0.15) is 19.0 Å². The molecule has 5 saturated carbocycles. The zero-order valence-corrected chi connectivity index (χ0v) is 31.3. The highest BCUT2D eigenvalue weighted by Gasteiger charge is 2.72. The van der Waals surface area contributed by atoms with Gasteiger partial charge in [-0.05, 0) is 122 Å². The minimum absolute atomic E-state index is 0.0337. The number of carbonyl (C=O) groups excluding carboxylic acids is 2. The Morgan fingerprint density at radius 3 is 2.33 bits per heavy atom. The number of ether oxygens (including phenoxy) is 2. The lowest BCUT2D eigenvalue weighted by molar-refractivity contribution is -0.246. The van der Waals surface area contributed by atoms with Crippen molar-refractivity contribution in [2.45, 2.75) is 144 Å². The van der Waals surface area contributed by atoms with Gasteiger partial charge in [-0.15, -0.1) is 0 Å². The quantitative estimate of drug-likeness (QED) is 0.194. The molecule has 5 aliphatic carbocycles. The molecule has 0 aromatic carbocycles. The molecule has 266 valence electrons. The molecule has 6 nitrogen and oxygen atoms in total. The number of oxazole rings is 1. The molecule has 10 atom stereocenters. The van der Waals surface area contributed by atoms with E-state index in [2.05, 4.69) is 54.7 Å². The van der Waals surface area contributed by atoms with Gasteiger partial charge < -0.3 is 13.9 Å². The van der Waals surface area contributed by atoms with Gasteiger partial charge in [-0.2, -0.15) is 0 Å². The maximum Gasteiger partial charge on any atom is 0.306 e. The lowest BCUT2D eigenvalue weighted by Crippen LogP contribution is -2.67. The Hall–Kier alpha value is -2.37. The van der Waals surface area contributed by atoms with Crippen LogP contribution in [-0.2, 0) is 24.5 Å². The van der Waals surface area contributed by atoms with Crippen LogP contribution in [0.25, 0.3) is 0 Å². The molecule has 1 heterocycles. The van der Waals surface area contributed by atoms with Gasteiger partial charge in [0.2, 0.25) is 0 Å². The average molecular weight is 662 g/mol. The van der Waals surface area contributed by atoms with Gasteiger partial charge in [0, 0.05) is 5.41 Å². The van der Waals surface area contributed by atoms with Crippen molar-refractivity contribution in [1.29, 1.82) is 0 Å². The minimum Gasteiger partial charge on any atom is -0.462 e. The van der Waals surface area contributed by atoms with Gasteiger partial charge in [-0.25, -0.2) is 4.98 Å². The molecular formula is C42H63NO5. The lowest BCUT2D eigenvalue weighted by Gasteiger charge is -2.72. The fraction of sp³-hybridized carbons (Fsp3) is 0.786. The Bertz CT molecular complexity index is 1410. The molecule has 6 heteroatoms. The summed E-state index contributed by atoms with van der Waals surface area (Å²) in [6, 6.07) is 0. The number of aromatic nitrogens is 1.